The maximum absolute atomic E-state index is 11.9. The third-order valence-electron chi connectivity index (χ3n) is 3.27. The van der Waals surface area contributed by atoms with Crippen molar-refractivity contribution >= 4 is 6.09 Å². The molecule has 1 amide bonds. The first-order valence-electron chi connectivity index (χ1n) is 6.29. The van der Waals surface area contributed by atoms with E-state index in [1.54, 1.807) is 4.90 Å². The van der Waals surface area contributed by atoms with Crippen LogP contribution in [0.4, 0.5) is 4.79 Å². The smallest absolute Gasteiger partial charge is 0.410 e. The van der Waals surface area contributed by atoms with Gasteiger partial charge in [-0.05, 0) is 17.9 Å². The number of carbonyl (C=O) groups is 1. The molecule has 1 heterocycles. The highest BCUT2D eigenvalue weighted by atomic mass is 16.6. The maximum atomic E-state index is 11.9. The average molecular weight is 249 g/mol. The van der Waals surface area contributed by atoms with Gasteiger partial charge in [0.05, 0.1) is 12.6 Å². The number of nitrogens with zero attached hydrogens (tertiary/aromatic N) is 1. The van der Waals surface area contributed by atoms with Gasteiger partial charge in [0, 0.05) is 6.54 Å². The largest absolute Gasteiger partial charge is 0.445 e. The molecule has 2 atom stereocenters. The Hall–Kier alpha value is -1.55. The van der Waals surface area contributed by atoms with Crippen LogP contribution in [0.3, 0.4) is 0 Å². The first kappa shape index (κ1) is 12.9. The molecule has 4 nitrogen and oxygen atoms in total. The van der Waals surface area contributed by atoms with Gasteiger partial charge in [-0.2, -0.15) is 0 Å². The normalized spacial score (nSPS) is 23.1. The highest BCUT2D eigenvalue weighted by Crippen LogP contribution is 2.23. The lowest BCUT2D eigenvalue weighted by Gasteiger charge is -2.22. The number of amides is 1. The first-order valence-corrected chi connectivity index (χ1v) is 6.29. The van der Waals surface area contributed by atoms with Crippen molar-refractivity contribution in [3.63, 3.8) is 0 Å². The average Bonchev–Trinajstić information content (AvgIpc) is 2.78. The van der Waals surface area contributed by atoms with Crippen LogP contribution < -0.4 is 0 Å². The van der Waals surface area contributed by atoms with Gasteiger partial charge >= 0.3 is 6.09 Å². The van der Waals surface area contributed by atoms with Crippen LogP contribution in [-0.2, 0) is 11.3 Å². The fraction of sp³-hybridized carbons (Fsp3) is 0.500. The summed E-state index contributed by atoms with van der Waals surface area (Å²) in [7, 11) is 0. The van der Waals surface area contributed by atoms with E-state index >= 15 is 0 Å². The summed E-state index contributed by atoms with van der Waals surface area (Å²) >= 11 is 0. The number of likely N-dealkylation sites (tertiary alicyclic amines) is 1. The number of aliphatic hydroxyl groups is 1. The van der Waals surface area contributed by atoms with Crippen molar-refractivity contribution in [2.45, 2.75) is 26.0 Å². The molecule has 0 aromatic heterocycles. The predicted octanol–water partition coefficient (Wildman–Crippen LogP) is 2.03. The molecule has 2 rings (SSSR count). The van der Waals surface area contributed by atoms with Crippen LogP contribution in [0.2, 0.25) is 0 Å². The third-order valence-corrected chi connectivity index (χ3v) is 3.27. The Kier molecular flexibility index (Phi) is 4.20. The molecular formula is C14H19NO3. The number of carbonyl (C=O) groups excluding carboxylic acids is 1. The summed E-state index contributed by atoms with van der Waals surface area (Å²) in [6.45, 7) is 3.03. The zero-order chi connectivity index (χ0) is 13.0. The van der Waals surface area contributed by atoms with Crippen molar-refractivity contribution in [1.29, 1.82) is 0 Å². The van der Waals surface area contributed by atoms with E-state index in [0.717, 1.165) is 12.0 Å². The Bertz CT molecular complexity index is 393. The molecule has 4 heteroatoms. The second-order valence-electron chi connectivity index (χ2n) is 4.87. The lowest BCUT2D eigenvalue weighted by molar-refractivity contribution is 0.0792. The first-order chi connectivity index (χ1) is 8.70. The van der Waals surface area contributed by atoms with Gasteiger partial charge in [-0.3, -0.25) is 0 Å². The molecule has 1 saturated heterocycles. The van der Waals surface area contributed by atoms with E-state index in [0.29, 0.717) is 12.5 Å². The van der Waals surface area contributed by atoms with E-state index in [1.165, 1.54) is 0 Å². The molecule has 0 spiro atoms. The lowest BCUT2D eigenvalue weighted by atomic mass is 10.1. The Morgan fingerprint density at radius 3 is 2.83 bits per heavy atom. The van der Waals surface area contributed by atoms with Gasteiger partial charge in [0.1, 0.15) is 6.61 Å². The molecule has 2 unspecified atom stereocenters. The number of hydrogen-bond donors (Lipinski definition) is 1. The van der Waals surface area contributed by atoms with Crippen LogP contribution in [0.1, 0.15) is 18.9 Å². The van der Waals surface area contributed by atoms with Crippen LogP contribution in [0.5, 0.6) is 0 Å². The molecule has 18 heavy (non-hydrogen) atoms. The minimum Gasteiger partial charge on any atom is -0.445 e. The Labute approximate surface area is 107 Å². The van der Waals surface area contributed by atoms with Gasteiger partial charge in [-0.25, -0.2) is 4.79 Å². The zero-order valence-corrected chi connectivity index (χ0v) is 10.6. The maximum Gasteiger partial charge on any atom is 0.410 e. The summed E-state index contributed by atoms with van der Waals surface area (Å²) in [5.41, 5.74) is 0.971. The van der Waals surface area contributed by atoms with Crippen molar-refractivity contribution in [2.75, 3.05) is 13.2 Å². The monoisotopic (exact) mass is 249 g/mol. The summed E-state index contributed by atoms with van der Waals surface area (Å²) < 4.78 is 5.27. The molecule has 98 valence electrons. The van der Waals surface area contributed by atoms with Crippen LogP contribution in [0.15, 0.2) is 30.3 Å². The van der Waals surface area contributed by atoms with E-state index in [9.17, 15) is 9.90 Å². The Morgan fingerprint density at radius 1 is 1.44 bits per heavy atom. The molecular weight excluding hydrogens is 230 g/mol. The number of ether oxygens (including phenoxy) is 1. The molecule has 1 aliphatic rings. The summed E-state index contributed by atoms with van der Waals surface area (Å²) in [4.78, 5) is 13.6. The lowest BCUT2D eigenvalue weighted by Crippen LogP contribution is -2.38. The minimum atomic E-state index is -0.331. The van der Waals surface area contributed by atoms with E-state index in [4.69, 9.17) is 4.74 Å². The number of aliphatic hydroxyl groups excluding tert-OH is 1. The second kappa shape index (κ2) is 5.87. The van der Waals surface area contributed by atoms with E-state index < -0.39 is 0 Å². The van der Waals surface area contributed by atoms with Crippen molar-refractivity contribution in [1.82, 2.24) is 4.90 Å². The predicted molar refractivity (Wildman–Crippen MR) is 68.0 cm³/mol. The molecule has 0 aliphatic carbocycles. The molecule has 1 fully saturated rings. The van der Waals surface area contributed by atoms with Crippen molar-refractivity contribution in [3.8, 4) is 0 Å². The fourth-order valence-electron chi connectivity index (χ4n) is 2.35. The number of rotatable bonds is 3. The summed E-state index contributed by atoms with van der Waals surface area (Å²) in [6, 6.07) is 9.50. The molecule has 1 aliphatic heterocycles. The molecule has 1 N–H and O–H groups in total. The van der Waals surface area contributed by atoms with Gasteiger partial charge in [0.2, 0.25) is 0 Å². The Morgan fingerprint density at radius 2 is 2.17 bits per heavy atom. The quantitative estimate of drug-likeness (QED) is 0.891. The number of benzene rings is 1. The van der Waals surface area contributed by atoms with Gasteiger partial charge in [0.25, 0.3) is 0 Å². The standard InChI is InChI=1S/C14H19NO3/c1-11-7-13(9-16)15(8-11)14(17)18-10-12-5-3-2-4-6-12/h2-6,11,13,16H,7-10H2,1H3. The van der Waals surface area contributed by atoms with Crippen LogP contribution in [-0.4, -0.2) is 35.3 Å². The molecule has 0 saturated carbocycles. The molecule has 0 bridgehead atoms. The minimum absolute atomic E-state index is 0.00474. The third kappa shape index (κ3) is 3.01. The summed E-state index contributed by atoms with van der Waals surface area (Å²) in [5.74, 6) is 0.423. The van der Waals surface area contributed by atoms with Crippen LogP contribution in [0, 0.1) is 5.92 Å². The summed E-state index contributed by atoms with van der Waals surface area (Å²) in [5, 5.41) is 9.24. The topological polar surface area (TPSA) is 49.8 Å². The van der Waals surface area contributed by atoms with Crippen molar-refractivity contribution in [3.05, 3.63) is 35.9 Å². The number of hydrogen-bond acceptors (Lipinski definition) is 3. The van der Waals surface area contributed by atoms with Gasteiger partial charge in [0.15, 0.2) is 0 Å². The van der Waals surface area contributed by atoms with Crippen molar-refractivity contribution < 1.29 is 14.6 Å². The van der Waals surface area contributed by atoms with Crippen LogP contribution >= 0.6 is 0 Å². The van der Waals surface area contributed by atoms with E-state index in [2.05, 4.69) is 6.92 Å². The van der Waals surface area contributed by atoms with Gasteiger partial charge in [-0.1, -0.05) is 37.3 Å². The van der Waals surface area contributed by atoms with Gasteiger partial charge < -0.3 is 14.7 Å². The van der Waals surface area contributed by atoms with Crippen molar-refractivity contribution in [2.24, 2.45) is 5.92 Å². The molecule has 1 aromatic rings. The second-order valence-corrected chi connectivity index (χ2v) is 4.87. The fourth-order valence-corrected chi connectivity index (χ4v) is 2.35. The zero-order valence-electron chi connectivity index (χ0n) is 10.6. The Balaban J connectivity index is 1.88. The molecule has 1 aromatic carbocycles. The SMILES string of the molecule is CC1CC(CO)N(C(=O)OCc2ccccc2)C1. The molecule has 0 radical (unpaired) electrons. The van der Waals surface area contributed by atoms with Crippen LogP contribution in [0.25, 0.3) is 0 Å². The highest BCUT2D eigenvalue weighted by Gasteiger charge is 2.33. The van der Waals surface area contributed by atoms with E-state index in [1.807, 2.05) is 30.3 Å². The highest BCUT2D eigenvalue weighted by molar-refractivity contribution is 5.68. The van der Waals surface area contributed by atoms with Gasteiger partial charge in [-0.15, -0.1) is 0 Å². The van der Waals surface area contributed by atoms with E-state index in [-0.39, 0.29) is 25.3 Å². The summed E-state index contributed by atoms with van der Waals surface area (Å²) in [6.07, 6.45) is 0.513.